The Hall–Kier alpha value is -1.88. The minimum atomic E-state index is -0.0219. The van der Waals surface area contributed by atoms with E-state index < -0.39 is 0 Å². The van der Waals surface area contributed by atoms with Crippen LogP contribution >= 0.6 is 11.6 Å². The molecular weight excluding hydrogens is 254 g/mol. The van der Waals surface area contributed by atoms with Crippen molar-refractivity contribution in [3.05, 3.63) is 22.8 Å². The van der Waals surface area contributed by atoms with Crippen LogP contribution in [0.4, 0.5) is 5.82 Å². The molecule has 3 N–H and O–H groups in total. The molecule has 2 aromatic rings. The van der Waals surface area contributed by atoms with E-state index in [9.17, 15) is 5.11 Å². The van der Waals surface area contributed by atoms with Crippen molar-refractivity contribution in [1.82, 2.24) is 9.78 Å². The number of aryl methyl sites for hydroxylation is 1. The summed E-state index contributed by atoms with van der Waals surface area (Å²) in [5.41, 5.74) is 8.08. The molecule has 0 atom stereocenters. The predicted octanol–water partition coefficient (Wildman–Crippen LogP) is 2.35. The van der Waals surface area contributed by atoms with E-state index in [1.165, 1.54) is 13.2 Å². The molecule has 0 bridgehead atoms. The van der Waals surface area contributed by atoms with Gasteiger partial charge in [0.1, 0.15) is 5.82 Å². The van der Waals surface area contributed by atoms with Crippen molar-refractivity contribution >= 4 is 17.4 Å². The number of halogens is 1. The van der Waals surface area contributed by atoms with Crippen molar-refractivity contribution in [2.24, 2.45) is 7.05 Å². The van der Waals surface area contributed by atoms with Gasteiger partial charge in [-0.15, -0.1) is 0 Å². The van der Waals surface area contributed by atoms with Crippen LogP contribution in [0.15, 0.2) is 12.3 Å². The molecule has 18 heavy (non-hydrogen) atoms. The van der Waals surface area contributed by atoms with E-state index in [1.54, 1.807) is 17.9 Å². The molecule has 0 unspecified atom stereocenters. The summed E-state index contributed by atoms with van der Waals surface area (Å²) in [6.07, 6.45) is 1.62. The average Bonchev–Trinajstić information content (AvgIpc) is 2.65. The molecular formula is C12H14ClN3O2. The summed E-state index contributed by atoms with van der Waals surface area (Å²) < 4.78 is 6.78. The second kappa shape index (κ2) is 4.42. The average molecular weight is 268 g/mol. The van der Waals surface area contributed by atoms with Gasteiger partial charge >= 0.3 is 0 Å². The van der Waals surface area contributed by atoms with E-state index in [2.05, 4.69) is 5.10 Å². The Morgan fingerprint density at radius 3 is 2.67 bits per heavy atom. The van der Waals surface area contributed by atoms with Crippen LogP contribution in [0, 0.1) is 6.92 Å². The fourth-order valence-electron chi connectivity index (χ4n) is 1.88. The van der Waals surface area contributed by atoms with Crippen molar-refractivity contribution in [1.29, 1.82) is 0 Å². The lowest BCUT2D eigenvalue weighted by molar-refractivity contribution is 0.375. The molecule has 0 aliphatic carbocycles. The molecule has 0 aliphatic rings. The number of ether oxygens (including phenoxy) is 1. The third kappa shape index (κ3) is 1.76. The maximum Gasteiger partial charge on any atom is 0.168 e. The number of rotatable bonds is 2. The number of phenolic OH excluding ortho intramolecular Hbond substituents is 1. The molecule has 96 valence electrons. The SMILES string of the molecule is COc1c(O)cc(Cl)c(C)c1-c1cnn(C)c1N. The van der Waals surface area contributed by atoms with Crippen LogP contribution in [0.25, 0.3) is 11.1 Å². The molecule has 0 radical (unpaired) electrons. The van der Waals surface area contributed by atoms with Gasteiger partial charge in [0.05, 0.1) is 13.3 Å². The summed E-state index contributed by atoms with van der Waals surface area (Å²) in [6, 6.07) is 1.45. The summed E-state index contributed by atoms with van der Waals surface area (Å²) in [7, 11) is 3.23. The van der Waals surface area contributed by atoms with Gasteiger partial charge in [0.2, 0.25) is 0 Å². The highest BCUT2D eigenvalue weighted by Gasteiger charge is 2.20. The molecule has 0 saturated heterocycles. The van der Waals surface area contributed by atoms with Gasteiger partial charge in [0, 0.05) is 29.3 Å². The van der Waals surface area contributed by atoms with Crippen LogP contribution in [0.5, 0.6) is 11.5 Å². The van der Waals surface area contributed by atoms with Crippen molar-refractivity contribution < 1.29 is 9.84 Å². The summed E-state index contributed by atoms with van der Waals surface area (Å²) in [5.74, 6) is 0.806. The predicted molar refractivity (Wildman–Crippen MR) is 71.0 cm³/mol. The highest BCUT2D eigenvalue weighted by atomic mass is 35.5. The lowest BCUT2D eigenvalue weighted by Gasteiger charge is -2.14. The zero-order valence-electron chi connectivity index (χ0n) is 10.4. The quantitative estimate of drug-likeness (QED) is 0.876. The maximum absolute atomic E-state index is 9.88. The fraction of sp³-hybridized carbons (Fsp3) is 0.250. The Kier molecular flexibility index (Phi) is 3.09. The number of aromatic nitrogens is 2. The van der Waals surface area contributed by atoms with E-state index in [-0.39, 0.29) is 5.75 Å². The fourth-order valence-corrected chi connectivity index (χ4v) is 2.08. The normalized spacial score (nSPS) is 10.7. The Bertz CT molecular complexity index is 608. The van der Waals surface area contributed by atoms with E-state index >= 15 is 0 Å². The molecule has 0 aliphatic heterocycles. The lowest BCUT2D eigenvalue weighted by atomic mass is 10.0. The lowest BCUT2D eigenvalue weighted by Crippen LogP contribution is -1.99. The van der Waals surface area contributed by atoms with Crippen molar-refractivity contribution in [3.63, 3.8) is 0 Å². The molecule has 6 heteroatoms. The van der Waals surface area contributed by atoms with Gasteiger partial charge < -0.3 is 15.6 Å². The first-order valence-electron chi connectivity index (χ1n) is 5.31. The first-order chi connectivity index (χ1) is 8.47. The van der Waals surface area contributed by atoms with E-state index in [1.807, 2.05) is 6.92 Å². The van der Waals surface area contributed by atoms with Crippen LogP contribution in [0.1, 0.15) is 5.56 Å². The molecule has 0 saturated carbocycles. The molecule has 0 amide bonds. The van der Waals surface area contributed by atoms with Crippen LogP contribution in [-0.2, 0) is 7.05 Å². The minimum Gasteiger partial charge on any atom is -0.504 e. The van der Waals surface area contributed by atoms with E-state index in [0.717, 1.165) is 5.56 Å². The second-order valence-electron chi connectivity index (χ2n) is 3.98. The molecule has 1 aromatic heterocycles. The van der Waals surface area contributed by atoms with Gasteiger partial charge in [0.15, 0.2) is 11.5 Å². The summed E-state index contributed by atoms with van der Waals surface area (Å²) in [5, 5.41) is 14.4. The van der Waals surface area contributed by atoms with Gasteiger partial charge in [-0.1, -0.05) is 11.6 Å². The number of aromatic hydroxyl groups is 1. The van der Waals surface area contributed by atoms with Crippen LogP contribution < -0.4 is 10.5 Å². The number of nitrogens with two attached hydrogens (primary N) is 1. The van der Waals surface area contributed by atoms with Crippen molar-refractivity contribution in [3.8, 4) is 22.6 Å². The van der Waals surface area contributed by atoms with E-state index in [4.69, 9.17) is 22.1 Å². The Balaban J connectivity index is 2.81. The molecule has 1 aromatic carbocycles. The summed E-state index contributed by atoms with van der Waals surface area (Å²) in [6.45, 7) is 1.84. The zero-order valence-corrected chi connectivity index (χ0v) is 11.1. The number of nitrogen functional groups attached to an aromatic ring is 1. The smallest absolute Gasteiger partial charge is 0.168 e. The third-order valence-electron chi connectivity index (χ3n) is 2.91. The number of benzene rings is 1. The van der Waals surface area contributed by atoms with Crippen LogP contribution in [0.2, 0.25) is 5.02 Å². The first kappa shape index (κ1) is 12.6. The monoisotopic (exact) mass is 267 g/mol. The maximum atomic E-state index is 9.88. The Morgan fingerprint density at radius 1 is 1.50 bits per heavy atom. The Morgan fingerprint density at radius 2 is 2.17 bits per heavy atom. The molecule has 0 spiro atoms. The highest BCUT2D eigenvalue weighted by molar-refractivity contribution is 6.32. The van der Waals surface area contributed by atoms with Crippen molar-refractivity contribution in [2.75, 3.05) is 12.8 Å². The van der Waals surface area contributed by atoms with Crippen LogP contribution in [0.3, 0.4) is 0 Å². The number of hydrogen-bond donors (Lipinski definition) is 2. The van der Waals surface area contributed by atoms with Crippen LogP contribution in [-0.4, -0.2) is 22.0 Å². The van der Waals surface area contributed by atoms with Gasteiger partial charge in [-0.3, -0.25) is 4.68 Å². The topological polar surface area (TPSA) is 73.3 Å². The second-order valence-corrected chi connectivity index (χ2v) is 4.39. The number of methoxy groups -OCH3 is 1. The highest BCUT2D eigenvalue weighted by Crippen LogP contribution is 2.44. The van der Waals surface area contributed by atoms with Gasteiger partial charge in [-0.05, 0) is 12.5 Å². The Labute approximate surface area is 110 Å². The number of hydrogen-bond acceptors (Lipinski definition) is 4. The zero-order chi connectivity index (χ0) is 13.4. The van der Waals surface area contributed by atoms with E-state index in [0.29, 0.717) is 27.7 Å². The minimum absolute atomic E-state index is 0.0219. The summed E-state index contributed by atoms with van der Waals surface area (Å²) in [4.78, 5) is 0. The first-order valence-corrected chi connectivity index (χ1v) is 5.69. The summed E-state index contributed by atoms with van der Waals surface area (Å²) >= 11 is 6.07. The molecule has 2 rings (SSSR count). The number of phenols is 1. The van der Waals surface area contributed by atoms with Gasteiger partial charge in [-0.25, -0.2) is 0 Å². The van der Waals surface area contributed by atoms with Gasteiger partial charge in [0.25, 0.3) is 0 Å². The van der Waals surface area contributed by atoms with Gasteiger partial charge in [-0.2, -0.15) is 5.10 Å². The number of nitrogens with zero attached hydrogens (tertiary/aromatic N) is 2. The third-order valence-corrected chi connectivity index (χ3v) is 3.31. The molecule has 5 nitrogen and oxygen atoms in total. The van der Waals surface area contributed by atoms with Crippen molar-refractivity contribution in [2.45, 2.75) is 6.92 Å². The largest absolute Gasteiger partial charge is 0.504 e. The molecule has 0 fully saturated rings. The molecule has 1 heterocycles. The number of anilines is 1. The standard InChI is InChI=1S/C12H14ClN3O2/c1-6-8(13)4-9(17)11(18-3)10(6)7-5-15-16(2)12(7)14/h4-5,17H,14H2,1-3H3.